The third-order valence-electron chi connectivity index (χ3n) is 1.76. The quantitative estimate of drug-likeness (QED) is 0.642. The lowest BCUT2D eigenvalue weighted by Gasteiger charge is -2.05. The largest absolute Gasteiger partial charge is 0.443 e. The second kappa shape index (κ2) is 3.16. The molecule has 0 saturated heterocycles. The van der Waals surface area contributed by atoms with Crippen LogP contribution in [0.3, 0.4) is 0 Å². The Morgan fingerprint density at radius 1 is 1.15 bits per heavy atom. The molecule has 1 heterocycles. The summed E-state index contributed by atoms with van der Waals surface area (Å²) in [6.45, 7) is 0. The molecule has 0 radical (unpaired) electrons. The molecular weight excluding hydrogens is 170 g/mol. The Labute approximate surface area is 75.1 Å². The van der Waals surface area contributed by atoms with Crippen molar-refractivity contribution in [2.24, 2.45) is 4.99 Å². The van der Waals surface area contributed by atoms with Gasteiger partial charge in [0.2, 0.25) is 18.4 Å². The third kappa shape index (κ3) is 1.54. The van der Waals surface area contributed by atoms with Crippen LogP contribution in [0.4, 0.5) is 0 Å². The molecular formula is C9H9NO3. The van der Waals surface area contributed by atoms with E-state index in [-0.39, 0.29) is 5.90 Å². The molecule has 4 nitrogen and oxygen atoms in total. The van der Waals surface area contributed by atoms with Crippen LogP contribution in [0.2, 0.25) is 0 Å². The molecule has 4 heteroatoms. The molecule has 1 aromatic rings. The molecule has 0 aliphatic carbocycles. The summed E-state index contributed by atoms with van der Waals surface area (Å²) in [4.78, 5) is 3.74. The number of nitrogens with zero attached hydrogens (tertiary/aromatic N) is 1. The van der Waals surface area contributed by atoms with Crippen molar-refractivity contribution in [2.75, 3.05) is 0 Å². The summed E-state index contributed by atoms with van der Waals surface area (Å²) in [6.07, 6.45) is -2.41. The van der Waals surface area contributed by atoms with Crippen LogP contribution in [0.15, 0.2) is 35.3 Å². The molecule has 0 bridgehead atoms. The van der Waals surface area contributed by atoms with E-state index in [4.69, 9.17) is 14.9 Å². The van der Waals surface area contributed by atoms with Gasteiger partial charge in [-0.05, 0) is 12.1 Å². The minimum atomic E-state index is -1.24. The molecule has 2 N–H and O–H groups in total. The highest BCUT2D eigenvalue weighted by Crippen LogP contribution is 2.14. The first-order chi connectivity index (χ1) is 6.27. The topological polar surface area (TPSA) is 62.1 Å². The van der Waals surface area contributed by atoms with Gasteiger partial charge in [-0.1, -0.05) is 18.2 Å². The lowest BCUT2D eigenvalue weighted by molar-refractivity contribution is -0.0865. The number of rotatable bonds is 1. The fraction of sp³-hybridized carbons (Fsp3) is 0.222. The van der Waals surface area contributed by atoms with Crippen molar-refractivity contribution < 1.29 is 14.9 Å². The van der Waals surface area contributed by atoms with Crippen molar-refractivity contribution in [3.8, 4) is 0 Å². The number of aliphatic imine (C=N–C) groups is 1. The Morgan fingerprint density at radius 3 is 2.38 bits per heavy atom. The number of benzene rings is 1. The van der Waals surface area contributed by atoms with Gasteiger partial charge < -0.3 is 14.9 Å². The second-order valence-corrected chi connectivity index (χ2v) is 2.72. The van der Waals surface area contributed by atoms with Crippen LogP contribution in [0.25, 0.3) is 0 Å². The Bertz CT molecular complexity index is 323. The van der Waals surface area contributed by atoms with E-state index in [1.165, 1.54) is 0 Å². The summed E-state index contributed by atoms with van der Waals surface area (Å²) in [6, 6.07) is 9.12. The zero-order chi connectivity index (χ0) is 9.26. The predicted molar refractivity (Wildman–Crippen MR) is 46.1 cm³/mol. The molecule has 0 fully saturated rings. The van der Waals surface area contributed by atoms with Gasteiger partial charge in [0.05, 0.1) is 0 Å². The molecule has 1 aliphatic rings. The number of hydrogen-bond acceptors (Lipinski definition) is 4. The summed E-state index contributed by atoms with van der Waals surface area (Å²) in [7, 11) is 0. The lowest BCUT2D eigenvalue weighted by atomic mass is 10.2. The van der Waals surface area contributed by atoms with Crippen molar-refractivity contribution in [1.29, 1.82) is 0 Å². The first-order valence-electron chi connectivity index (χ1n) is 3.93. The molecule has 2 atom stereocenters. The minimum absolute atomic E-state index is 0.278. The second-order valence-electron chi connectivity index (χ2n) is 2.72. The monoisotopic (exact) mass is 179 g/mol. The van der Waals surface area contributed by atoms with Gasteiger partial charge in [-0.3, -0.25) is 0 Å². The fourth-order valence-electron chi connectivity index (χ4n) is 1.11. The number of hydrogen-bond donors (Lipinski definition) is 2. The number of aliphatic hydroxyl groups is 2. The molecule has 68 valence electrons. The van der Waals surface area contributed by atoms with Crippen LogP contribution in [0.1, 0.15) is 5.56 Å². The van der Waals surface area contributed by atoms with Gasteiger partial charge in [0.1, 0.15) is 0 Å². The van der Waals surface area contributed by atoms with E-state index in [0.29, 0.717) is 0 Å². The Balaban J connectivity index is 2.25. The smallest absolute Gasteiger partial charge is 0.246 e. The van der Waals surface area contributed by atoms with Gasteiger partial charge in [0.15, 0.2) is 0 Å². The zero-order valence-corrected chi connectivity index (χ0v) is 6.79. The van der Waals surface area contributed by atoms with E-state index in [0.717, 1.165) is 5.56 Å². The van der Waals surface area contributed by atoms with Gasteiger partial charge in [-0.15, -0.1) is 0 Å². The van der Waals surface area contributed by atoms with Crippen LogP contribution >= 0.6 is 0 Å². The normalized spacial score (nSPS) is 26.8. The van der Waals surface area contributed by atoms with Crippen LogP contribution in [-0.4, -0.2) is 28.6 Å². The molecule has 13 heavy (non-hydrogen) atoms. The standard InChI is InChI=1S/C9H9NO3/c11-7-9(12)13-8(10-7)6-4-2-1-3-5-6/h1-5,7,9,11-12H. The maximum atomic E-state index is 9.07. The zero-order valence-electron chi connectivity index (χ0n) is 6.79. The predicted octanol–water partition coefficient (Wildman–Crippen LogP) is 0.100. The Hall–Kier alpha value is -1.39. The fourth-order valence-corrected chi connectivity index (χ4v) is 1.11. The van der Waals surface area contributed by atoms with Gasteiger partial charge in [0.25, 0.3) is 0 Å². The van der Waals surface area contributed by atoms with Crippen LogP contribution in [0, 0.1) is 0 Å². The average Bonchev–Trinajstić information content (AvgIpc) is 2.49. The Kier molecular flexibility index (Phi) is 2.00. The molecule has 0 saturated carbocycles. The molecule has 0 amide bonds. The van der Waals surface area contributed by atoms with Crippen molar-refractivity contribution in [1.82, 2.24) is 0 Å². The number of aliphatic hydroxyl groups excluding tert-OH is 2. The summed E-state index contributed by atoms with van der Waals surface area (Å²) < 4.78 is 4.92. The first-order valence-corrected chi connectivity index (χ1v) is 3.93. The summed E-state index contributed by atoms with van der Waals surface area (Å²) in [5.41, 5.74) is 0.748. The van der Waals surface area contributed by atoms with Crippen molar-refractivity contribution in [2.45, 2.75) is 12.5 Å². The minimum Gasteiger partial charge on any atom is -0.443 e. The van der Waals surface area contributed by atoms with Crippen LogP contribution < -0.4 is 0 Å². The van der Waals surface area contributed by atoms with Crippen molar-refractivity contribution in [3.63, 3.8) is 0 Å². The van der Waals surface area contributed by atoms with Gasteiger partial charge in [-0.25, -0.2) is 4.99 Å². The highest BCUT2D eigenvalue weighted by atomic mass is 16.6. The number of ether oxygens (including phenoxy) is 1. The highest BCUT2D eigenvalue weighted by molar-refractivity contribution is 5.95. The van der Waals surface area contributed by atoms with Gasteiger partial charge >= 0.3 is 0 Å². The van der Waals surface area contributed by atoms with E-state index in [1.54, 1.807) is 12.1 Å². The SMILES string of the molecule is OC1N=C(c2ccccc2)OC1O. The molecule has 0 aromatic heterocycles. The molecule has 1 aliphatic heterocycles. The highest BCUT2D eigenvalue weighted by Gasteiger charge is 2.27. The van der Waals surface area contributed by atoms with Crippen LogP contribution in [-0.2, 0) is 4.74 Å². The van der Waals surface area contributed by atoms with Crippen LogP contribution in [0.5, 0.6) is 0 Å². The lowest BCUT2D eigenvalue weighted by Crippen LogP contribution is -2.20. The maximum Gasteiger partial charge on any atom is 0.246 e. The summed E-state index contributed by atoms with van der Waals surface area (Å²) in [5, 5.41) is 18.1. The van der Waals surface area contributed by atoms with Gasteiger partial charge in [0, 0.05) is 5.56 Å². The van der Waals surface area contributed by atoms with E-state index in [1.807, 2.05) is 18.2 Å². The first kappa shape index (κ1) is 8.22. The van der Waals surface area contributed by atoms with Gasteiger partial charge in [-0.2, -0.15) is 0 Å². The summed E-state index contributed by atoms with van der Waals surface area (Å²) in [5.74, 6) is 0.278. The molecule has 1 aromatic carbocycles. The van der Waals surface area contributed by atoms with Crippen molar-refractivity contribution >= 4 is 5.90 Å². The van der Waals surface area contributed by atoms with Crippen molar-refractivity contribution in [3.05, 3.63) is 35.9 Å². The van der Waals surface area contributed by atoms with E-state index in [2.05, 4.69) is 4.99 Å². The average molecular weight is 179 g/mol. The molecule has 0 spiro atoms. The molecule has 2 unspecified atom stereocenters. The van der Waals surface area contributed by atoms with E-state index < -0.39 is 12.5 Å². The molecule has 2 rings (SSSR count). The van der Waals surface area contributed by atoms with E-state index >= 15 is 0 Å². The summed E-state index contributed by atoms with van der Waals surface area (Å²) >= 11 is 0. The van der Waals surface area contributed by atoms with E-state index in [9.17, 15) is 0 Å². The Morgan fingerprint density at radius 2 is 1.85 bits per heavy atom. The third-order valence-corrected chi connectivity index (χ3v) is 1.76. The maximum absolute atomic E-state index is 9.07.